The van der Waals surface area contributed by atoms with Crippen molar-refractivity contribution in [3.05, 3.63) is 16.4 Å². The monoisotopic (exact) mass is 259 g/mol. The van der Waals surface area contributed by atoms with Crippen molar-refractivity contribution in [1.29, 1.82) is 0 Å². The predicted octanol–water partition coefficient (Wildman–Crippen LogP) is 1.48. The van der Waals surface area contributed by atoms with Gasteiger partial charge in [0.15, 0.2) is 0 Å². The largest absolute Gasteiger partial charge is 0.352 e. The second-order valence-electron chi connectivity index (χ2n) is 3.46. The summed E-state index contributed by atoms with van der Waals surface area (Å²) in [6.45, 7) is 6.06. The smallest absolute Gasteiger partial charge is 0.241 e. The minimum absolute atomic E-state index is 0.0151. The zero-order valence-electron chi connectivity index (χ0n) is 8.54. The van der Waals surface area contributed by atoms with Gasteiger partial charge in [0.2, 0.25) is 5.91 Å². The molecule has 1 amide bonds. The average Bonchev–Trinajstić information content (AvgIpc) is 2.34. The summed E-state index contributed by atoms with van der Waals surface area (Å²) in [6.07, 6.45) is 1.69. The normalized spacial score (nSPS) is 10.6. The molecule has 1 rings (SSSR count). The Bertz CT molecular complexity index is 333. The fraction of sp³-hybridized carbons (Fsp3) is 0.556. The molecule has 0 spiro atoms. The van der Waals surface area contributed by atoms with Gasteiger partial charge in [0.05, 0.1) is 16.4 Å². The molecule has 14 heavy (non-hydrogen) atoms. The van der Waals surface area contributed by atoms with Crippen molar-refractivity contribution >= 4 is 21.8 Å². The zero-order chi connectivity index (χ0) is 10.7. The van der Waals surface area contributed by atoms with Crippen molar-refractivity contribution in [2.45, 2.75) is 33.4 Å². The lowest BCUT2D eigenvalue weighted by Crippen LogP contribution is -2.33. The van der Waals surface area contributed by atoms with Crippen molar-refractivity contribution < 1.29 is 4.79 Å². The number of amides is 1. The van der Waals surface area contributed by atoms with Crippen LogP contribution in [0.25, 0.3) is 0 Å². The van der Waals surface area contributed by atoms with Crippen LogP contribution in [0, 0.1) is 6.92 Å². The molecule has 78 valence electrons. The van der Waals surface area contributed by atoms with Crippen LogP contribution >= 0.6 is 15.9 Å². The highest BCUT2D eigenvalue weighted by Crippen LogP contribution is 2.13. The Balaban J connectivity index is 2.61. The summed E-state index contributed by atoms with van der Waals surface area (Å²) in [6, 6.07) is 0.168. The standard InChI is InChI=1S/C9H14BrN3O/c1-6(2)12-9(14)5-13-7(3)8(10)4-11-13/h4,6H,5H2,1-3H3,(H,12,14). The van der Waals surface area contributed by atoms with Crippen molar-refractivity contribution in [3.63, 3.8) is 0 Å². The number of hydrogen-bond acceptors (Lipinski definition) is 2. The maximum atomic E-state index is 11.4. The molecule has 0 aliphatic heterocycles. The second-order valence-corrected chi connectivity index (χ2v) is 4.31. The Kier molecular flexibility index (Phi) is 3.69. The third-order valence-electron chi connectivity index (χ3n) is 1.79. The molecular weight excluding hydrogens is 246 g/mol. The van der Waals surface area contributed by atoms with Gasteiger partial charge in [-0.05, 0) is 36.7 Å². The lowest BCUT2D eigenvalue weighted by Gasteiger charge is -2.09. The van der Waals surface area contributed by atoms with E-state index in [2.05, 4.69) is 26.3 Å². The van der Waals surface area contributed by atoms with E-state index in [9.17, 15) is 4.79 Å². The van der Waals surface area contributed by atoms with Crippen LogP contribution in [0.5, 0.6) is 0 Å². The van der Waals surface area contributed by atoms with Gasteiger partial charge in [0, 0.05) is 6.04 Å². The highest BCUT2D eigenvalue weighted by atomic mass is 79.9. The molecule has 0 fully saturated rings. The summed E-state index contributed by atoms with van der Waals surface area (Å²) in [5.41, 5.74) is 0.962. The van der Waals surface area contributed by atoms with Gasteiger partial charge in [0.25, 0.3) is 0 Å². The fourth-order valence-corrected chi connectivity index (χ4v) is 1.38. The highest BCUT2D eigenvalue weighted by Gasteiger charge is 2.08. The van der Waals surface area contributed by atoms with E-state index < -0.39 is 0 Å². The second kappa shape index (κ2) is 4.59. The molecule has 0 atom stereocenters. The highest BCUT2D eigenvalue weighted by molar-refractivity contribution is 9.10. The number of nitrogens with one attached hydrogen (secondary N) is 1. The lowest BCUT2D eigenvalue weighted by molar-refractivity contribution is -0.122. The summed E-state index contributed by atoms with van der Waals surface area (Å²) < 4.78 is 2.59. The van der Waals surface area contributed by atoms with Crippen LogP contribution in [-0.4, -0.2) is 21.7 Å². The van der Waals surface area contributed by atoms with Crippen molar-refractivity contribution in [2.24, 2.45) is 0 Å². The molecule has 0 saturated carbocycles. The maximum absolute atomic E-state index is 11.4. The Morgan fingerprint density at radius 2 is 2.36 bits per heavy atom. The molecule has 0 radical (unpaired) electrons. The quantitative estimate of drug-likeness (QED) is 0.894. The van der Waals surface area contributed by atoms with Crippen LogP contribution in [0.1, 0.15) is 19.5 Å². The minimum Gasteiger partial charge on any atom is -0.352 e. The van der Waals surface area contributed by atoms with Crippen LogP contribution in [0.15, 0.2) is 10.7 Å². The first-order chi connectivity index (χ1) is 6.50. The number of hydrogen-bond donors (Lipinski definition) is 1. The van der Waals surface area contributed by atoms with E-state index in [1.807, 2.05) is 20.8 Å². The van der Waals surface area contributed by atoms with Gasteiger partial charge < -0.3 is 5.32 Å². The third kappa shape index (κ3) is 2.83. The maximum Gasteiger partial charge on any atom is 0.241 e. The molecule has 0 aromatic carbocycles. The Morgan fingerprint density at radius 1 is 1.71 bits per heavy atom. The number of nitrogens with zero attached hydrogens (tertiary/aromatic N) is 2. The van der Waals surface area contributed by atoms with E-state index in [4.69, 9.17) is 0 Å². The van der Waals surface area contributed by atoms with Gasteiger partial charge in [-0.25, -0.2) is 0 Å². The molecule has 1 aromatic heterocycles. The molecule has 1 N–H and O–H groups in total. The molecule has 1 heterocycles. The van der Waals surface area contributed by atoms with E-state index in [1.165, 1.54) is 0 Å². The lowest BCUT2D eigenvalue weighted by atomic mass is 10.4. The Hall–Kier alpha value is -0.840. The average molecular weight is 260 g/mol. The number of aromatic nitrogens is 2. The van der Waals surface area contributed by atoms with Crippen molar-refractivity contribution in [1.82, 2.24) is 15.1 Å². The van der Waals surface area contributed by atoms with E-state index in [1.54, 1.807) is 10.9 Å². The molecule has 0 saturated heterocycles. The van der Waals surface area contributed by atoms with Gasteiger partial charge in [-0.15, -0.1) is 0 Å². The molecule has 0 aliphatic carbocycles. The van der Waals surface area contributed by atoms with E-state index >= 15 is 0 Å². The molecule has 0 bridgehead atoms. The number of carbonyl (C=O) groups excluding carboxylic acids is 1. The minimum atomic E-state index is -0.0151. The summed E-state index contributed by atoms with van der Waals surface area (Å²) in [5, 5.41) is 6.88. The van der Waals surface area contributed by atoms with E-state index in [-0.39, 0.29) is 18.5 Å². The van der Waals surface area contributed by atoms with Gasteiger partial charge in [0.1, 0.15) is 6.54 Å². The van der Waals surface area contributed by atoms with E-state index in [0.717, 1.165) is 10.2 Å². The van der Waals surface area contributed by atoms with Crippen molar-refractivity contribution in [3.8, 4) is 0 Å². The number of halogens is 1. The van der Waals surface area contributed by atoms with Crippen LogP contribution in [0.2, 0.25) is 0 Å². The third-order valence-corrected chi connectivity index (χ3v) is 2.56. The van der Waals surface area contributed by atoms with Crippen LogP contribution in [-0.2, 0) is 11.3 Å². The summed E-state index contributed by atoms with van der Waals surface area (Å²) >= 11 is 3.34. The molecule has 0 aliphatic rings. The van der Waals surface area contributed by atoms with Gasteiger partial charge in [-0.1, -0.05) is 0 Å². The topological polar surface area (TPSA) is 46.9 Å². The first kappa shape index (κ1) is 11.2. The number of carbonyl (C=O) groups is 1. The van der Waals surface area contributed by atoms with Crippen molar-refractivity contribution in [2.75, 3.05) is 0 Å². The predicted molar refractivity (Wildman–Crippen MR) is 57.9 cm³/mol. The van der Waals surface area contributed by atoms with Gasteiger partial charge in [-0.2, -0.15) is 5.10 Å². The van der Waals surface area contributed by atoms with E-state index in [0.29, 0.717) is 0 Å². The van der Waals surface area contributed by atoms with Crippen LogP contribution in [0.4, 0.5) is 0 Å². The summed E-state index contributed by atoms with van der Waals surface area (Å²) in [7, 11) is 0. The van der Waals surface area contributed by atoms with Gasteiger partial charge in [-0.3, -0.25) is 9.48 Å². The molecule has 5 heteroatoms. The summed E-state index contributed by atoms with van der Waals surface area (Å²) in [5.74, 6) is -0.0151. The molecule has 4 nitrogen and oxygen atoms in total. The molecule has 1 aromatic rings. The van der Waals surface area contributed by atoms with Crippen LogP contribution in [0.3, 0.4) is 0 Å². The van der Waals surface area contributed by atoms with Gasteiger partial charge >= 0.3 is 0 Å². The zero-order valence-corrected chi connectivity index (χ0v) is 10.1. The summed E-state index contributed by atoms with van der Waals surface area (Å²) in [4.78, 5) is 11.4. The Morgan fingerprint density at radius 3 is 2.79 bits per heavy atom. The Labute approximate surface area is 91.8 Å². The fourth-order valence-electron chi connectivity index (χ4n) is 1.09. The molecule has 0 unspecified atom stereocenters. The SMILES string of the molecule is Cc1c(Br)cnn1CC(=O)NC(C)C. The number of rotatable bonds is 3. The molecular formula is C9H14BrN3O. The van der Waals surface area contributed by atoms with Crippen LogP contribution < -0.4 is 5.32 Å². The first-order valence-corrected chi connectivity index (χ1v) is 5.27. The first-order valence-electron chi connectivity index (χ1n) is 4.48.